The molecule has 4 nitrogen and oxygen atoms in total. The molecule has 0 unspecified atom stereocenters. The second kappa shape index (κ2) is 7.59. The molecule has 1 N–H and O–H groups in total. The van der Waals surface area contributed by atoms with Crippen molar-refractivity contribution >= 4 is 22.6 Å². The van der Waals surface area contributed by atoms with Crippen LogP contribution in [-0.4, -0.2) is 35.0 Å². The number of carbonyl (C=O) groups excluding carboxylic acids is 1. The van der Waals surface area contributed by atoms with Gasteiger partial charge in [0.1, 0.15) is 6.54 Å². The predicted octanol–water partition coefficient (Wildman–Crippen LogP) is 3.10. The predicted molar refractivity (Wildman–Crippen MR) is 86.8 cm³/mol. The molecule has 1 amide bonds. The highest BCUT2D eigenvalue weighted by Gasteiger charge is 2.15. The maximum absolute atomic E-state index is 12.2. The van der Waals surface area contributed by atoms with E-state index in [1.54, 1.807) is 0 Å². The molecule has 2 aromatic rings. The van der Waals surface area contributed by atoms with Gasteiger partial charge in [-0.05, 0) is 29.2 Å². The Bertz CT molecular complexity index is 666. The number of fused-ring (bicyclic) bond motifs is 1. The first-order valence-corrected chi connectivity index (χ1v) is 7.57. The summed E-state index contributed by atoms with van der Waals surface area (Å²) in [5, 5.41) is 11.2. The second-order valence-electron chi connectivity index (χ2n) is 5.39. The Morgan fingerprint density at radius 3 is 2.50 bits per heavy atom. The van der Waals surface area contributed by atoms with Crippen LogP contribution in [0.5, 0.6) is 0 Å². The van der Waals surface area contributed by atoms with Crippen LogP contribution in [0.3, 0.4) is 0 Å². The van der Waals surface area contributed by atoms with E-state index in [9.17, 15) is 9.59 Å². The van der Waals surface area contributed by atoms with Gasteiger partial charge in [0.05, 0.1) is 0 Å². The van der Waals surface area contributed by atoms with Gasteiger partial charge in [-0.3, -0.25) is 9.59 Å². The van der Waals surface area contributed by atoms with Gasteiger partial charge in [0.25, 0.3) is 0 Å². The number of carboxylic acids is 1. The molecular weight excluding hydrogens is 278 g/mol. The lowest BCUT2D eigenvalue weighted by Gasteiger charge is -2.19. The van der Waals surface area contributed by atoms with Crippen molar-refractivity contribution < 1.29 is 14.7 Å². The fraction of sp³-hybridized carbons (Fsp3) is 0.333. The van der Waals surface area contributed by atoms with Crippen molar-refractivity contribution in [3.63, 3.8) is 0 Å². The van der Waals surface area contributed by atoms with Crippen molar-refractivity contribution in [3.8, 4) is 0 Å². The summed E-state index contributed by atoms with van der Waals surface area (Å²) in [5.41, 5.74) is 1.10. The summed E-state index contributed by atoms with van der Waals surface area (Å²) in [5.74, 6) is -1.06. The van der Waals surface area contributed by atoms with Gasteiger partial charge in [0, 0.05) is 13.0 Å². The minimum absolute atomic E-state index is 0.0996. The second-order valence-corrected chi connectivity index (χ2v) is 5.39. The molecule has 2 rings (SSSR count). The molecule has 0 bridgehead atoms. The lowest BCUT2D eigenvalue weighted by atomic mass is 10.0. The van der Waals surface area contributed by atoms with E-state index in [0.29, 0.717) is 19.4 Å². The number of carbonyl (C=O) groups is 2. The first-order valence-electron chi connectivity index (χ1n) is 7.57. The Kier molecular flexibility index (Phi) is 5.53. The third-order valence-corrected chi connectivity index (χ3v) is 3.61. The van der Waals surface area contributed by atoms with Crippen molar-refractivity contribution in [1.82, 2.24) is 4.90 Å². The Labute approximate surface area is 130 Å². The zero-order chi connectivity index (χ0) is 15.9. The smallest absolute Gasteiger partial charge is 0.323 e. The standard InChI is InChI=1S/C18H21NO3/c1-2-11-19(13-18(21)22)17(20)10-8-14-7-9-15-5-3-4-6-16(15)12-14/h3-7,9,12H,2,8,10-11,13H2,1H3,(H,21,22). The summed E-state index contributed by atoms with van der Waals surface area (Å²) in [6.07, 6.45) is 1.73. The maximum Gasteiger partial charge on any atom is 0.323 e. The van der Waals surface area contributed by atoms with Gasteiger partial charge in [-0.2, -0.15) is 0 Å². The minimum Gasteiger partial charge on any atom is -0.480 e. The van der Waals surface area contributed by atoms with Crippen LogP contribution < -0.4 is 0 Å². The normalized spacial score (nSPS) is 10.6. The van der Waals surface area contributed by atoms with Gasteiger partial charge in [-0.15, -0.1) is 0 Å². The molecule has 0 aromatic heterocycles. The molecule has 0 aliphatic carbocycles. The molecule has 0 aliphatic rings. The molecule has 0 saturated heterocycles. The number of hydrogen-bond acceptors (Lipinski definition) is 2. The van der Waals surface area contributed by atoms with Gasteiger partial charge in [-0.25, -0.2) is 0 Å². The van der Waals surface area contributed by atoms with E-state index in [0.717, 1.165) is 17.4 Å². The largest absolute Gasteiger partial charge is 0.480 e. The Morgan fingerprint density at radius 1 is 1.09 bits per heavy atom. The van der Waals surface area contributed by atoms with Gasteiger partial charge in [-0.1, -0.05) is 49.4 Å². The van der Waals surface area contributed by atoms with Crippen molar-refractivity contribution in [2.45, 2.75) is 26.2 Å². The third-order valence-electron chi connectivity index (χ3n) is 3.61. The lowest BCUT2D eigenvalue weighted by molar-refractivity contribution is -0.144. The van der Waals surface area contributed by atoms with Crippen LogP contribution in [0.25, 0.3) is 10.8 Å². The van der Waals surface area contributed by atoms with Crippen molar-refractivity contribution in [2.75, 3.05) is 13.1 Å². The van der Waals surface area contributed by atoms with Crippen LogP contribution in [0.4, 0.5) is 0 Å². The van der Waals surface area contributed by atoms with Crippen LogP contribution in [0.1, 0.15) is 25.3 Å². The first kappa shape index (κ1) is 16.0. The summed E-state index contributed by atoms with van der Waals surface area (Å²) in [6.45, 7) is 2.21. The van der Waals surface area contributed by atoms with E-state index in [4.69, 9.17) is 5.11 Å². The summed E-state index contributed by atoms with van der Waals surface area (Å²) >= 11 is 0. The number of benzene rings is 2. The van der Waals surface area contributed by atoms with Crippen molar-refractivity contribution in [3.05, 3.63) is 48.0 Å². The van der Waals surface area contributed by atoms with Crippen LogP contribution in [0.2, 0.25) is 0 Å². The molecule has 4 heteroatoms. The molecular formula is C18H21NO3. The number of rotatable bonds is 7. The van der Waals surface area contributed by atoms with Crippen molar-refractivity contribution in [2.24, 2.45) is 0 Å². The van der Waals surface area contributed by atoms with Crippen LogP contribution in [0.15, 0.2) is 42.5 Å². The molecule has 0 spiro atoms. The van der Waals surface area contributed by atoms with E-state index in [1.165, 1.54) is 10.3 Å². The highest BCUT2D eigenvalue weighted by molar-refractivity contribution is 5.84. The molecule has 0 fully saturated rings. The maximum atomic E-state index is 12.2. The fourth-order valence-electron chi connectivity index (χ4n) is 2.53. The molecule has 22 heavy (non-hydrogen) atoms. The molecule has 0 aliphatic heterocycles. The number of carboxylic acid groups (broad SMARTS) is 1. The SMILES string of the molecule is CCCN(CC(=O)O)C(=O)CCc1ccc2ccccc2c1. The average molecular weight is 299 g/mol. The quantitative estimate of drug-likeness (QED) is 0.854. The number of aryl methyl sites for hydroxylation is 1. The Balaban J connectivity index is 2.00. The summed E-state index contributed by atoms with van der Waals surface area (Å²) in [6, 6.07) is 14.3. The van der Waals surface area contributed by atoms with Gasteiger partial charge in [0.2, 0.25) is 5.91 Å². The van der Waals surface area contributed by atoms with Gasteiger partial charge < -0.3 is 10.0 Å². The van der Waals surface area contributed by atoms with Crippen LogP contribution in [-0.2, 0) is 16.0 Å². The lowest BCUT2D eigenvalue weighted by Crippen LogP contribution is -2.36. The third kappa shape index (κ3) is 4.32. The molecule has 116 valence electrons. The number of hydrogen-bond donors (Lipinski definition) is 1. The summed E-state index contributed by atoms with van der Waals surface area (Å²) in [4.78, 5) is 24.4. The zero-order valence-corrected chi connectivity index (χ0v) is 12.8. The fourth-order valence-corrected chi connectivity index (χ4v) is 2.53. The van der Waals surface area contributed by atoms with E-state index < -0.39 is 5.97 Å². The molecule has 2 aromatic carbocycles. The van der Waals surface area contributed by atoms with E-state index in [-0.39, 0.29) is 12.5 Å². The molecule has 0 saturated carbocycles. The average Bonchev–Trinajstić information content (AvgIpc) is 2.51. The van der Waals surface area contributed by atoms with E-state index in [2.05, 4.69) is 24.3 Å². The number of nitrogens with zero attached hydrogens (tertiary/aromatic N) is 1. The van der Waals surface area contributed by atoms with Gasteiger partial charge in [0.15, 0.2) is 0 Å². The molecule has 0 radical (unpaired) electrons. The van der Waals surface area contributed by atoms with E-state index in [1.807, 2.05) is 25.1 Å². The summed E-state index contributed by atoms with van der Waals surface area (Å²) < 4.78 is 0. The van der Waals surface area contributed by atoms with Crippen molar-refractivity contribution in [1.29, 1.82) is 0 Å². The highest BCUT2D eigenvalue weighted by atomic mass is 16.4. The molecule has 0 heterocycles. The minimum atomic E-state index is -0.965. The monoisotopic (exact) mass is 299 g/mol. The first-order chi connectivity index (χ1) is 10.6. The van der Waals surface area contributed by atoms with Crippen LogP contribution in [0, 0.1) is 0 Å². The summed E-state index contributed by atoms with van der Waals surface area (Å²) in [7, 11) is 0. The zero-order valence-electron chi connectivity index (χ0n) is 12.8. The number of aliphatic carboxylic acids is 1. The van der Waals surface area contributed by atoms with E-state index >= 15 is 0 Å². The highest BCUT2D eigenvalue weighted by Crippen LogP contribution is 2.17. The molecule has 0 atom stereocenters. The number of amides is 1. The Morgan fingerprint density at radius 2 is 1.82 bits per heavy atom. The van der Waals surface area contributed by atoms with Gasteiger partial charge >= 0.3 is 5.97 Å². The Hall–Kier alpha value is -2.36. The topological polar surface area (TPSA) is 57.6 Å². The van der Waals surface area contributed by atoms with Crippen LogP contribution >= 0.6 is 0 Å².